The van der Waals surface area contributed by atoms with Gasteiger partial charge in [-0.15, -0.1) is 0 Å². The Bertz CT molecular complexity index is 485. The number of hydrogen-bond acceptors (Lipinski definition) is 3. The lowest BCUT2D eigenvalue weighted by molar-refractivity contribution is 0.743. The quantitative estimate of drug-likeness (QED) is 0.868. The van der Waals surface area contributed by atoms with Crippen LogP contribution < -0.4 is 5.32 Å². The van der Waals surface area contributed by atoms with Crippen molar-refractivity contribution in [2.45, 2.75) is 26.9 Å². The first-order valence-corrected chi connectivity index (χ1v) is 5.77. The highest BCUT2D eigenvalue weighted by Crippen LogP contribution is 2.08. The van der Waals surface area contributed by atoms with Crippen molar-refractivity contribution in [1.29, 1.82) is 0 Å². The highest BCUT2D eigenvalue weighted by Gasteiger charge is 2.03. The van der Waals surface area contributed by atoms with E-state index in [9.17, 15) is 0 Å². The molecule has 2 aromatic heterocycles. The van der Waals surface area contributed by atoms with Gasteiger partial charge in [-0.1, -0.05) is 6.07 Å². The molecular weight excluding hydrogens is 212 g/mol. The third kappa shape index (κ3) is 2.71. The molecule has 0 aliphatic carbocycles. The van der Waals surface area contributed by atoms with Gasteiger partial charge < -0.3 is 9.88 Å². The Morgan fingerprint density at radius 1 is 1.24 bits per heavy atom. The SMILES string of the molecule is CNCc1ccc(Cn2cnc(C)c2C)nc1. The summed E-state index contributed by atoms with van der Waals surface area (Å²) in [4.78, 5) is 8.74. The van der Waals surface area contributed by atoms with Crippen LogP contribution in [0.3, 0.4) is 0 Å². The third-order valence-electron chi connectivity index (χ3n) is 2.94. The maximum absolute atomic E-state index is 4.45. The Morgan fingerprint density at radius 3 is 2.59 bits per heavy atom. The maximum Gasteiger partial charge on any atom is 0.0955 e. The molecule has 2 heterocycles. The minimum atomic E-state index is 0.784. The van der Waals surface area contributed by atoms with Crippen molar-refractivity contribution in [3.63, 3.8) is 0 Å². The molecule has 0 aliphatic heterocycles. The predicted molar refractivity (Wildman–Crippen MR) is 67.8 cm³/mol. The molecule has 2 rings (SSSR count). The van der Waals surface area contributed by atoms with Crippen LogP contribution in [0.15, 0.2) is 24.7 Å². The summed E-state index contributed by atoms with van der Waals surface area (Å²) < 4.78 is 2.12. The molecule has 4 nitrogen and oxygen atoms in total. The van der Waals surface area contributed by atoms with Crippen LogP contribution in [0.5, 0.6) is 0 Å². The molecule has 0 amide bonds. The van der Waals surface area contributed by atoms with Crippen LogP contribution >= 0.6 is 0 Å². The molecule has 0 saturated carbocycles. The van der Waals surface area contributed by atoms with Crippen molar-refractivity contribution < 1.29 is 0 Å². The fourth-order valence-corrected chi connectivity index (χ4v) is 1.74. The first-order chi connectivity index (χ1) is 8.20. The van der Waals surface area contributed by atoms with Crippen molar-refractivity contribution in [3.05, 3.63) is 47.3 Å². The number of aryl methyl sites for hydroxylation is 1. The summed E-state index contributed by atoms with van der Waals surface area (Å²) in [5.74, 6) is 0. The van der Waals surface area contributed by atoms with Crippen molar-refractivity contribution in [3.8, 4) is 0 Å². The van der Waals surface area contributed by atoms with Gasteiger partial charge in [0, 0.05) is 18.4 Å². The van der Waals surface area contributed by atoms with Gasteiger partial charge in [0.15, 0.2) is 0 Å². The Kier molecular flexibility index (Phi) is 3.54. The first-order valence-electron chi connectivity index (χ1n) is 5.77. The second kappa shape index (κ2) is 5.10. The largest absolute Gasteiger partial charge is 0.329 e. The number of rotatable bonds is 4. The zero-order valence-corrected chi connectivity index (χ0v) is 10.6. The Balaban J connectivity index is 2.11. The lowest BCUT2D eigenvalue weighted by Gasteiger charge is -2.06. The summed E-state index contributed by atoms with van der Waals surface area (Å²) in [5.41, 5.74) is 4.54. The summed E-state index contributed by atoms with van der Waals surface area (Å²) in [5, 5.41) is 3.11. The van der Waals surface area contributed by atoms with E-state index in [1.165, 1.54) is 11.3 Å². The van der Waals surface area contributed by atoms with E-state index < -0.39 is 0 Å². The molecule has 0 radical (unpaired) electrons. The van der Waals surface area contributed by atoms with E-state index in [0.717, 1.165) is 24.5 Å². The fraction of sp³-hybridized carbons (Fsp3) is 0.385. The van der Waals surface area contributed by atoms with Gasteiger partial charge in [-0.3, -0.25) is 4.98 Å². The molecule has 0 atom stereocenters. The first kappa shape index (κ1) is 11.8. The lowest BCUT2D eigenvalue weighted by atomic mass is 10.2. The Labute approximate surface area is 102 Å². The maximum atomic E-state index is 4.45. The van der Waals surface area contributed by atoms with Crippen LogP contribution in [-0.2, 0) is 13.1 Å². The number of imidazole rings is 1. The number of aromatic nitrogens is 3. The van der Waals surface area contributed by atoms with Crippen LogP contribution in [-0.4, -0.2) is 21.6 Å². The molecule has 17 heavy (non-hydrogen) atoms. The van der Waals surface area contributed by atoms with Crippen molar-refractivity contribution >= 4 is 0 Å². The lowest BCUT2D eigenvalue weighted by Crippen LogP contribution is -2.07. The second-order valence-electron chi connectivity index (χ2n) is 4.23. The number of pyridine rings is 1. The van der Waals surface area contributed by atoms with Crippen LogP contribution in [0, 0.1) is 13.8 Å². The zero-order valence-electron chi connectivity index (χ0n) is 10.6. The van der Waals surface area contributed by atoms with Gasteiger partial charge in [-0.25, -0.2) is 4.98 Å². The topological polar surface area (TPSA) is 42.7 Å². The molecule has 90 valence electrons. The predicted octanol–water partition coefficient (Wildman–Crippen LogP) is 1.66. The summed E-state index contributed by atoms with van der Waals surface area (Å²) in [6.07, 6.45) is 3.79. The summed E-state index contributed by atoms with van der Waals surface area (Å²) in [6.45, 7) is 5.75. The molecule has 1 N–H and O–H groups in total. The van der Waals surface area contributed by atoms with Crippen LogP contribution in [0.25, 0.3) is 0 Å². The molecule has 2 aromatic rings. The van der Waals surface area contributed by atoms with E-state index in [0.29, 0.717) is 0 Å². The molecular formula is C13H18N4. The molecule has 0 bridgehead atoms. The van der Waals surface area contributed by atoms with Crippen molar-refractivity contribution in [1.82, 2.24) is 19.9 Å². The molecule has 0 aliphatic rings. The van der Waals surface area contributed by atoms with Gasteiger partial charge in [-0.05, 0) is 32.5 Å². The summed E-state index contributed by atoms with van der Waals surface area (Å²) in [7, 11) is 1.94. The minimum Gasteiger partial charge on any atom is -0.329 e. The van der Waals surface area contributed by atoms with Crippen LogP contribution in [0.2, 0.25) is 0 Å². The highest BCUT2D eigenvalue weighted by molar-refractivity contribution is 5.16. The van der Waals surface area contributed by atoms with Crippen LogP contribution in [0.4, 0.5) is 0 Å². The van der Waals surface area contributed by atoms with Crippen LogP contribution in [0.1, 0.15) is 22.6 Å². The van der Waals surface area contributed by atoms with E-state index in [2.05, 4.69) is 38.9 Å². The fourth-order valence-electron chi connectivity index (χ4n) is 1.74. The highest BCUT2D eigenvalue weighted by atomic mass is 15.1. The monoisotopic (exact) mass is 230 g/mol. The van der Waals surface area contributed by atoms with Gasteiger partial charge in [0.05, 0.1) is 24.3 Å². The van der Waals surface area contributed by atoms with Crippen molar-refractivity contribution in [2.75, 3.05) is 7.05 Å². The normalized spacial score (nSPS) is 10.8. The molecule has 4 heteroatoms. The molecule has 0 spiro atoms. The van der Waals surface area contributed by atoms with Gasteiger partial charge in [0.2, 0.25) is 0 Å². The van der Waals surface area contributed by atoms with Gasteiger partial charge in [-0.2, -0.15) is 0 Å². The number of nitrogens with one attached hydrogen (secondary N) is 1. The smallest absolute Gasteiger partial charge is 0.0955 e. The van der Waals surface area contributed by atoms with E-state index in [1.54, 1.807) is 0 Å². The van der Waals surface area contributed by atoms with Crippen molar-refractivity contribution in [2.24, 2.45) is 0 Å². The summed E-state index contributed by atoms with van der Waals surface area (Å²) >= 11 is 0. The Hall–Kier alpha value is -1.68. The second-order valence-corrected chi connectivity index (χ2v) is 4.23. The van der Waals surface area contributed by atoms with E-state index >= 15 is 0 Å². The van der Waals surface area contributed by atoms with Gasteiger partial charge in [0.25, 0.3) is 0 Å². The Morgan fingerprint density at radius 2 is 2.06 bits per heavy atom. The average molecular weight is 230 g/mol. The average Bonchev–Trinajstić information content (AvgIpc) is 2.64. The third-order valence-corrected chi connectivity index (χ3v) is 2.94. The van der Waals surface area contributed by atoms with E-state index in [4.69, 9.17) is 0 Å². The summed E-state index contributed by atoms with van der Waals surface area (Å²) in [6, 6.07) is 4.18. The number of hydrogen-bond donors (Lipinski definition) is 1. The minimum absolute atomic E-state index is 0.784. The van der Waals surface area contributed by atoms with E-state index in [1.807, 2.05) is 26.5 Å². The zero-order chi connectivity index (χ0) is 12.3. The van der Waals surface area contributed by atoms with Gasteiger partial charge >= 0.3 is 0 Å². The van der Waals surface area contributed by atoms with Gasteiger partial charge in [0.1, 0.15) is 0 Å². The standard InChI is InChI=1S/C13H18N4/c1-10-11(2)17(9-16-10)8-13-5-4-12(6-14-3)7-15-13/h4-5,7,9,14H,6,8H2,1-3H3. The molecule has 0 unspecified atom stereocenters. The molecule has 0 fully saturated rings. The molecule has 0 aromatic carbocycles. The van der Waals surface area contributed by atoms with E-state index in [-0.39, 0.29) is 0 Å². The molecule has 0 saturated heterocycles. The number of nitrogens with zero attached hydrogens (tertiary/aromatic N) is 3.